The maximum absolute atomic E-state index is 13.5. The van der Waals surface area contributed by atoms with Crippen molar-refractivity contribution in [2.75, 3.05) is 20.7 Å². The van der Waals surface area contributed by atoms with Gasteiger partial charge in [-0.3, -0.25) is 8.63 Å². The first kappa shape index (κ1) is 22.1. The third-order valence-electron chi connectivity index (χ3n) is 5.06. The number of hydrogen-bond donors (Lipinski definition) is 1. The Morgan fingerprint density at radius 1 is 1.30 bits per heavy atom. The van der Waals surface area contributed by atoms with Gasteiger partial charge in [0.05, 0.1) is 12.1 Å². The van der Waals surface area contributed by atoms with E-state index in [4.69, 9.17) is 22.1 Å². The molecule has 2 N–H and O–H groups in total. The van der Waals surface area contributed by atoms with Crippen LogP contribution in [0.5, 0.6) is 5.75 Å². The molecule has 0 atom stereocenters. The highest BCUT2D eigenvalue weighted by atomic mass is 35.5. The third kappa shape index (κ3) is 4.42. The van der Waals surface area contributed by atoms with Crippen molar-refractivity contribution in [2.24, 2.45) is 5.73 Å². The van der Waals surface area contributed by atoms with Crippen LogP contribution in [0, 0.1) is 0 Å². The number of rotatable bonds is 7. The van der Waals surface area contributed by atoms with Gasteiger partial charge in [-0.2, -0.15) is 4.58 Å². The van der Waals surface area contributed by atoms with E-state index in [9.17, 15) is 8.63 Å². The van der Waals surface area contributed by atoms with E-state index in [0.717, 1.165) is 32.6 Å². The van der Waals surface area contributed by atoms with Crippen molar-refractivity contribution >= 4 is 36.4 Å². The predicted octanol–water partition coefficient (Wildman–Crippen LogP) is 4.74. The molecule has 0 unspecified atom stereocenters. The summed E-state index contributed by atoms with van der Waals surface area (Å²) in [4.78, 5) is 0. The SMILES string of the molecule is COc1ccc(/C=C/C2=[N+](C)C(=C(/CCN)c3cccn3B(F)F)/C(C)=C2)cc1Cl. The second-order valence-electron chi connectivity index (χ2n) is 6.98. The van der Waals surface area contributed by atoms with Crippen LogP contribution < -0.4 is 10.5 Å². The molecule has 0 saturated carbocycles. The molecular weight excluding hydrogens is 407 g/mol. The molecule has 0 saturated heterocycles. The summed E-state index contributed by atoms with van der Waals surface area (Å²) in [6.07, 6.45) is 7.84. The average Bonchev–Trinajstić information content (AvgIpc) is 3.30. The van der Waals surface area contributed by atoms with Crippen LogP contribution in [0.4, 0.5) is 8.63 Å². The molecular formula is C22H24BClF2N3O+. The fraction of sp³-hybridized carbons (Fsp3) is 0.227. The number of halogens is 3. The van der Waals surface area contributed by atoms with E-state index < -0.39 is 7.40 Å². The Labute approximate surface area is 180 Å². The molecule has 1 aromatic heterocycles. The van der Waals surface area contributed by atoms with Crippen molar-refractivity contribution in [2.45, 2.75) is 13.3 Å². The van der Waals surface area contributed by atoms with Gasteiger partial charge in [-0.25, -0.2) is 0 Å². The van der Waals surface area contributed by atoms with E-state index in [0.29, 0.717) is 29.4 Å². The number of hydrogen-bond acceptors (Lipinski definition) is 2. The Hall–Kier alpha value is -2.64. The van der Waals surface area contributed by atoms with Crippen LogP contribution in [0.1, 0.15) is 24.6 Å². The minimum atomic E-state index is -2.61. The normalized spacial score (nSPS) is 15.8. The van der Waals surface area contributed by atoms with Gasteiger partial charge in [0.25, 0.3) is 0 Å². The molecule has 0 bridgehead atoms. The quantitative estimate of drug-likeness (QED) is 0.509. The molecule has 0 amide bonds. The van der Waals surface area contributed by atoms with Crippen molar-refractivity contribution in [3.05, 3.63) is 76.2 Å². The Balaban J connectivity index is 2.03. The van der Waals surface area contributed by atoms with Crippen LogP contribution in [0.3, 0.4) is 0 Å². The van der Waals surface area contributed by atoms with Crippen LogP contribution in [-0.2, 0) is 0 Å². The maximum Gasteiger partial charge on any atom is 0.677 e. The molecule has 2 heterocycles. The predicted molar refractivity (Wildman–Crippen MR) is 120 cm³/mol. The number of nitrogens with two attached hydrogens (primary N) is 1. The van der Waals surface area contributed by atoms with Crippen molar-refractivity contribution in [1.29, 1.82) is 0 Å². The van der Waals surface area contributed by atoms with Gasteiger partial charge >= 0.3 is 7.40 Å². The summed E-state index contributed by atoms with van der Waals surface area (Å²) in [5.41, 5.74) is 10.9. The number of nitrogens with zero attached hydrogens (tertiary/aromatic N) is 2. The highest BCUT2D eigenvalue weighted by Gasteiger charge is 2.30. The summed E-state index contributed by atoms with van der Waals surface area (Å²) in [6.45, 7) is 2.34. The first-order chi connectivity index (χ1) is 14.4. The number of likely N-dealkylation sites (N-methyl/N-ethyl adjacent to an activating group) is 1. The number of allylic oxidation sites excluding steroid dienone is 3. The van der Waals surface area contributed by atoms with Crippen LogP contribution in [0.15, 0.2) is 60.0 Å². The van der Waals surface area contributed by atoms with E-state index in [-0.39, 0.29) is 0 Å². The molecule has 1 aliphatic rings. The van der Waals surface area contributed by atoms with Gasteiger partial charge in [-0.05, 0) is 62.0 Å². The molecule has 3 rings (SSSR count). The molecule has 1 aromatic carbocycles. The van der Waals surface area contributed by atoms with E-state index in [1.807, 2.05) is 55.0 Å². The zero-order chi connectivity index (χ0) is 21.8. The second kappa shape index (κ2) is 9.45. The molecule has 1 aliphatic heterocycles. The van der Waals surface area contributed by atoms with E-state index in [1.165, 1.54) is 6.20 Å². The van der Waals surface area contributed by atoms with Crippen LogP contribution >= 0.6 is 11.6 Å². The second-order valence-corrected chi connectivity index (χ2v) is 7.39. The smallest absolute Gasteiger partial charge is 0.495 e. The first-order valence-corrected chi connectivity index (χ1v) is 9.94. The lowest BCUT2D eigenvalue weighted by molar-refractivity contribution is -0.433. The molecule has 8 heteroatoms. The number of methoxy groups -OCH3 is 1. The zero-order valence-electron chi connectivity index (χ0n) is 17.2. The van der Waals surface area contributed by atoms with Crippen molar-refractivity contribution in [3.63, 3.8) is 0 Å². The largest absolute Gasteiger partial charge is 0.677 e. The van der Waals surface area contributed by atoms with E-state index >= 15 is 0 Å². The molecule has 2 aromatic rings. The third-order valence-corrected chi connectivity index (χ3v) is 5.36. The summed E-state index contributed by atoms with van der Waals surface area (Å²) in [6, 6.07) is 8.90. The van der Waals surface area contributed by atoms with Crippen molar-refractivity contribution in [1.82, 2.24) is 4.48 Å². The van der Waals surface area contributed by atoms with Crippen LogP contribution in [0.25, 0.3) is 11.6 Å². The van der Waals surface area contributed by atoms with Crippen LogP contribution in [-0.4, -0.2) is 42.9 Å². The Bertz CT molecular complexity index is 1070. The summed E-state index contributed by atoms with van der Waals surface area (Å²) in [7, 11) is 0.891. The summed E-state index contributed by atoms with van der Waals surface area (Å²) in [5.74, 6) is 0.619. The first-order valence-electron chi connectivity index (χ1n) is 9.57. The molecule has 0 aliphatic carbocycles. The fourth-order valence-corrected chi connectivity index (χ4v) is 3.95. The van der Waals surface area contributed by atoms with Crippen LogP contribution in [0.2, 0.25) is 5.02 Å². The topological polar surface area (TPSA) is 43.2 Å². The van der Waals surface area contributed by atoms with Gasteiger partial charge in [0.2, 0.25) is 11.4 Å². The van der Waals surface area contributed by atoms with Gasteiger partial charge in [0.15, 0.2) is 0 Å². The lowest BCUT2D eigenvalue weighted by Gasteiger charge is -2.12. The molecule has 156 valence electrons. The summed E-state index contributed by atoms with van der Waals surface area (Å²) in [5, 5.41) is 0.537. The number of benzene rings is 1. The molecule has 30 heavy (non-hydrogen) atoms. The van der Waals surface area contributed by atoms with Gasteiger partial charge in [0.1, 0.15) is 12.8 Å². The maximum atomic E-state index is 13.5. The standard InChI is InChI=1S/C22H24BClF2N3O/c1-15-13-17(8-6-16-7-9-21(30-3)19(24)14-16)28(2)22(15)18(10-11-27)20-5-4-12-29(20)23(25)26/h4-9,12-14H,10-11,27H2,1-3H3/q+1/b8-6+. The lowest BCUT2D eigenvalue weighted by Crippen LogP contribution is -2.18. The molecule has 0 spiro atoms. The van der Waals surface area contributed by atoms with Gasteiger partial charge in [-0.15, -0.1) is 0 Å². The van der Waals surface area contributed by atoms with E-state index in [2.05, 4.69) is 0 Å². The minimum Gasteiger partial charge on any atom is -0.495 e. The Morgan fingerprint density at radius 3 is 2.70 bits per heavy atom. The van der Waals surface area contributed by atoms with Crippen molar-refractivity contribution in [3.8, 4) is 5.75 Å². The highest BCUT2D eigenvalue weighted by molar-refractivity contribution is 6.41. The minimum absolute atomic E-state index is 0.365. The number of aromatic nitrogens is 1. The summed E-state index contributed by atoms with van der Waals surface area (Å²) < 4.78 is 35.1. The molecule has 0 radical (unpaired) electrons. The van der Waals surface area contributed by atoms with E-state index in [1.54, 1.807) is 19.2 Å². The van der Waals surface area contributed by atoms with Gasteiger partial charge in [0, 0.05) is 29.0 Å². The number of ether oxygens (including phenoxy) is 1. The highest BCUT2D eigenvalue weighted by Crippen LogP contribution is 2.31. The lowest BCUT2D eigenvalue weighted by atomic mass is 10.0. The molecule has 4 nitrogen and oxygen atoms in total. The van der Waals surface area contributed by atoms with Crippen molar-refractivity contribution < 1.29 is 17.9 Å². The van der Waals surface area contributed by atoms with Gasteiger partial charge < -0.3 is 14.9 Å². The zero-order valence-corrected chi connectivity index (χ0v) is 18.0. The average molecular weight is 431 g/mol. The molecule has 0 fully saturated rings. The summed E-state index contributed by atoms with van der Waals surface area (Å²) >= 11 is 6.20. The fourth-order valence-electron chi connectivity index (χ4n) is 3.68. The monoisotopic (exact) mass is 430 g/mol. The Morgan fingerprint density at radius 2 is 2.07 bits per heavy atom. The van der Waals surface area contributed by atoms with Gasteiger partial charge in [-0.1, -0.05) is 17.7 Å². The Kier molecular flexibility index (Phi) is 6.95.